The Morgan fingerprint density at radius 3 is 1.34 bits per heavy atom. The summed E-state index contributed by atoms with van der Waals surface area (Å²) in [5.74, 6) is -17.1. The van der Waals surface area contributed by atoms with Crippen molar-refractivity contribution >= 4 is 106 Å². The normalized spacial score (nSPS) is 19.9. The average Bonchev–Trinajstić information content (AvgIpc) is 1.67. The van der Waals surface area contributed by atoms with Gasteiger partial charge in [0, 0.05) is 52.2 Å². The molecule has 3 aliphatic rings. The van der Waals surface area contributed by atoms with Crippen molar-refractivity contribution in [2.45, 2.75) is 341 Å². The van der Waals surface area contributed by atoms with Gasteiger partial charge in [-0.1, -0.05) is 105 Å². The van der Waals surface area contributed by atoms with Gasteiger partial charge in [-0.15, -0.1) is 0 Å². The molecule has 0 aromatic heterocycles. The highest BCUT2D eigenvalue weighted by molar-refractivity contribution is 6.03. The first kappa shape index (κ1) is 107. The lowest BCUT2D eigenvalue weighted by molar-refractivity contribution is -0.148. The third-order valence-electron chi connectivity index (χ3n) is 22.9. The molecule has 0 saturated carbocycles. The Hall–Kier alpha value is -10.5. The van der Waals surface area contributed by atoms with Gasteiger partial charge in [0.1, 0.15) is 88.1 Å². The van der Waals surface area contributed by atoms with E-state index in [1.54, 1.807) is 48.5 Å². The van der Waals surface area contributed by atoms with Crippen molar-refractivity contribution in [1.29, 1.82) is 0 Å². The monoisotopic (exact) mass is 1770 g/mol. The SMILES string of the molecule is CC[C@H](C)[C@H](NC(=O)[C@H](CC(C)C)NC(C)=O)C(=O)N[C@@H](CCC(N)=O)C(=O)N[C@@](C)(CC)C(=O)N[C@H](C(=O)N[C@H](C(=O)NC(C)(C)C(=O)N[C@@H](CC(C)C)C(=O)NC(C)(C)C(=O)N1C[C@H](O)C[C@H]1C(=O)N[C@@H](CCC(N)=O)C(=O)NC(C)(C)C(=O)N1C[C@H](O)C[C@H]1C(=O)NC(C)(C)C(=O)N1CCC[C@H]1C(=O)N[C@H](CO)Cc1ccccc1)[C@@H](C)O)[C@@H](C)CC. The molecule has 17 atom stereocenters. The minimum atomic E-state index is -1.97. The molecule has 40 nitrogen and oxygen atoms in total. The number of rotatable bonds is 47. The number of carbonyl (C=O) groups is 18. The van der Waals surface area contributed by atoms with Crippen LogP contribution < -0.4 is 80.6 Å². The Morgan fingerprint density at radius 2 is 0.880 bits per heavy atom. The molecule has 4 rings (SSSR count). The van der Waals surface area contributed by atoms with Crippen molar-refractivity contribution in [1.82, 2.24) is 83.8 Å². The molecule has 0 bridgehead atoms. The fraction of sp³-hybridized carbons (Fsp3) is 0.718. The number of aliphatic hydroxyl groups excluding tert-OH is 4. The van der Waals surface area contributed by atoms with E-state index in [1.807, 2.05) is 44.2 Å². The number of hydrogen-bond donors (Lipinski definition) is 19. The first-order valence-corrected chi connectivity index (χ1v) is 43.1. The number of nitrogens with one attached hydrogen (secondary N) is 13. The molecule has 3 heterocycles. The van der Waals surface area contributed by atoms with Crippen molar-refractivity contribution in [3.05, 3.63) is 35.9 Å². The molecular formula is C85H140N18O22. The number of hydrogen-bond acceptors (Lipinski definition) is 22. The summed E-state index contributed by atoms with van der Waals surface area (Å²) in [7, 11) is 0. The van der Waals surface area contributed by atoms with Crippen molar-refractivity contribution in [2.24, 2.45) is 35.1 Å². The number of benzene rings is 1. The summed E-state index contributed by atoms with van der Waals surface area (Å²) in [5, 5.41) is 77.3. The number of nitrogens with zero attached hydrogens (tertiary/aromatic N) is 3. The van der Waals surface area contributed by atoms with Crippen LogP contribution in [0.2, 0.25) is 0 Å². The van der Waals surface area contributed by atoms with Gasteiger partial charge in [0.05, 0.1) is 31.0 Å². The molecule has 1 aromatic rings. The summed E-state index contributed by atoms with van der Waals surface area (Å²) in [6, 6.07) is -5.57. The second-order valence-electron chi connectivity index (χ2n) is 36.7. The van der Waals surface area contributed by atoms with Gasteiger partial charge in [0.15, 0.2) is 0 Å². The highest BCUT2D eigenvalue weighted by Crippen LogP contribution is 2.29. The highest BCUT2D eigenvalue weighted by atomic mass is 16.3. The standard InChI is InChI=1S/C85H140N18O22/c1-21-46(8)63(93-66(111)56(36-44(4)5)88-49(11)106)73(118)91-55(32-34-62(87)110)68(113)100-85(20,23-3)77(122)95-64(47(9)22-2)74(119)94-65(48(10)105)75(120)99-81(12,13)76(121)92-57(37-45(6)7)69(114)97-84(18,19)79(124)102-41-52(107)39-59(102)71(116)90-54(31-33-61(86)109)67(112)96-83(16,17)80(125)103-42-53(108)40-60(103)72(117)98-82(14,15)78(123)101-35-27-30-58(101)70(115)89-51(43-104)38-50-28-25-24-26-29-50/h24-26,28-29,44-48,51-60,63-65,104-105,107-108H,21-23,27,30-43H2,1-20H3,(H2,86,109)(H2,87,110)(H,88,106)(H,89,115)(H,90,116)(H,91,118)(H,92,121)(H,93,111)(H,94,119)(H,95,122)(H,96,112)(H,97,114)(H,98,117)(H,99,120)(H,100,113)/t46-,47-,48+,51-,52+,53+,54-,55-,56-,57-,58-,59-,60-,63-,64-,65-,85-/m0/s1. The van der Waals surface area contributed by atoms with Gasteiger partial charge in [0.2, 0.25) is 106 Å². The Kier molecular flexibility index (Phi) is 39.9. The summed E-state index contributed by atoms with van der Waals surface area (Å²) in [4.78, 5) is 255. The number of nitrogens with two attached hydrogens (primary N) is 2. The van der Waals surface area contributed by atoms with Crippen LogP contribution in [-0.2, 0) is 92.7 Å². The van der Waals surface area contributed by atoms with E-state index in [9.17, 15) is 107 Å². The van der Waals surface area contributed by atoms with E-state index in [4.69, 9.17) is 11.5 Å². The quantitative estimate of drug-likeness (QED) is 0.0309. The Bertz CT molecular complexity index is 4030. The first-order chi connectivity index (χ1) is 57.9. The minimum absolute atomic E-state index is 0.0398. The van der Waals surface area contributed by atoms with Crippen LogP contribution in [0.4, 0.5) is 0 Å². The Morgan fingerprint density at radius 1 is 0.456 bits per heavy atom. The molecule has 3 saturated heterocycles. The minimum Gasteiger partial charge on any atom is -0.394 e. The molecule has 21 N–H and O–H groups in total. The predicted octanol–water partition coefficient (Wildman–Crippen LogP) is -3.01. The maximum Gasteiger partial charge on any atom is 0.248 e. The molecule has 40 heteroatoms. The number of likely N-dealkylation sites (tertiary alicyclic amines) is 3. The topological polar surface area (TPSA) is 606 Å². The Labute approximate surface area is 731 Å². The van der Waals surface area contributed by atoms with Crippen LogP contribution >= 0.6 is 0 Å². The number of primary amides is 2. The molecule has 3 fully saturated rings. The third-order valence-corrected chi connectivity index (χ3v) is 22.9. The lowest BCUT2D eigenvalue weighted by Crippen LogP contribution is -2.66. The van der Waals surface area contributed by atoms with Gasteiger partial charge in [-0.05, 0) is 150 Å². The molecule has 0 aliphatic carbocycles. The van der Waals surface area contributed by atoms with Gasteiger partial charge in [0.25, 0.3) is 0 Å². The van der Waals surface area contributed by atoms with E-state index in [2.05, 4.69) is 69.1 Å². The zero-order valence-corrected chi connectivity index (χ0v) is 76.1. The molecule has 18 amide bonds. The van der Waals surface area contributed by atoms with Crippen LogP contribution in [0, 0.1) is 23.7 Å². The van der Waals surface area contributed by atoms with Crippen molar-refractivity contribution in [3.63, 3.8) is 0 Å². The van der Waals surface area contributed by atoms with E-state index in [0.29, 0.717) is 25.7 Å². The maximum absolute atomic E-state index is 14.8. The van der Waals surface area contributed by atoms with Crippen LogP contribution in [0.1, 0.15) is 228 Å². The molecular weight excluding hydrogens is 1630 g/mol. The van der Waals surface area contributed by atoms with Crippen LogP contribution in [0.5, 0.6) is 0 Å². The highest BCUT2D eigenvalue weighted by Gasteiger charge is 2.51. The molecule has 702 valence electrons. The maximum atomic E-state index is 14.8. The summed E-state index contributed by atoms with van der Waals surface area (Å²) in [6.07, 6.45) is -4.99. The van der Waals surface area contributed by atoms with Gasteiger partial charge >= 0.3 is 0 Å². The summed E-state index contributed by atoms with van der Waals surface area (Å²) >= 11 is 0. The lowest BCUT2D eigenvalue weighted by Gasteiger charge is -2.37. The van der Waals surface area contributed by atoms with Crippen LogP contribution in [0.15, 0.2) is 30.3 Å². The van der Waals surface area contributed by atoms with E-state index in [0.717, 1.165) is 15.4 Å². The number of carbonyl (C=O) groups excluding carboxylic acids is 18. The van der Waals surface area contributed by atoms with Gasteiger partial charge in [-0.3, -0.25) is 86.3 Å². The van der Waals surface area contributed by atoms with E-state index in [-0.39, 0.29) is 63.5 Å². The fourth-order valence-electron chi connectivity index (χ4n) is 15.0. The summed E-state index contributed by atoms with van der Waals surface area (Å²) < 4.78 is 0. The molecule has 0 unspecified atom stereocenters. The molecule has 3 aliphatic heterocycles. The van der Waals surface area contributed by atoms with E-state index < -0.39 is 269 Å². The number of aliphatic hydroxyl groups is 4. The Balaban J connectivity index is 1.47. The third kappa shape index (κ3) is 31.0. The van der Waals surface area contributed by atoms with E-state index >= 15 is 0 Å². The zero-order chi connectivity index (χ0) is 95.0. The van der Waals surface area contributed by atoms with Crippen molar-refractivity contribution in [2.75, 3.05) is 26.2 Å². The summed E-state index contributed by atoms with van der Waals surface area (Å²) in [5.41, 5.74) is 2.47. The predicted molar refractivity (Wildman–Crippen MR) is 457 cm³/mol. The zero-order valence-electron chi connectivity index (χ0n) is 76.1. The van der Waals surface area contributed by atoms with E-state index in [1.165, 1.54) is 81.1 Å². The van der Waals surface area contributed by atoms with Gasteiger partial charge in [-0.25, -0.2) is 0 Å². The number of β-amino-alcohol motifs (C(OH)–C–C–N with tert-alkyl or cyclic N) is 2. The number of amides is 18. The largest absolute Gasteiger partial charge is 0.394 e. The second-order valence-corrected chi connectivity index (χ2v) is 36.7. The molecule has 0 spiro atoms. The van der Waals surface area contributed by atoms with Gasteiger partial charge < -0.3 is 116 Å². The molecule has 0 radical (unpaired) electrons. The second kappa shape index (κ2) is 46.7. The average molecular weight is 1770 g/mol. The first-order valence-electron chi connectivity index (χ1n) is 43.1. The van der Waals surface area contributed by atoms with Crippen LogP contribution in [0.3, 0.4) is 0 Å². The fourth-order valence-corrected chi connectivity index (χ4v) is 15.0. The lowest BCUT2D eigenvalue weighted by atomic mass is 9.92. The van der Waals surface area contributed by atoms with Crippen LogP contribution in [0.25, 0.3) is 0 Å². The van der Waals surface area contributed by atoms with Crippen molar-refractivity contribution in [3.8, 4) is 0 Å². The van der Waals surface area contributed by atoms with Crippen molar-refractivity contribution < 1.29 is 107 Å². The smallest absolute Gasteiger partial charge is 0.248 e. The van der Waals surface area contributed by atoms with Gasteiger partial charge in [-0.2, -0.15) is 0 Å². The summed E-state index contributed by atoms with van der Waals surface area (Å²) in [6.45, 7) is 28.6. The van der Waals surface area contributed by atoms with Crippen LogP contribution in [-0.4, -0.2) is 280 Å². The molecule has 125 heavy (non-hydrogen) atoms. The molecule has 1 aromatic carbocycles.